The van der Waals surface area contributed by atoms with Crippen LogP contribution in [-0.4, -0.2) is 6.54 Å². The van der Waals surface area contributed by atoms with Gasteiger partial charge in [-0.2, -0.15) is 0 Å². The van der Waals surface area contributed by atoms with Crippen molar-refractivity contribution in [1.82, 2.24) is 5.32 Å². The third-order valence-electron chi connectivity index (χ3n) is 4.47. The van der Waals surface area contributed by atoms with Gasteiger partial charge in [-0.1, -0.05) is 82.3 Å². The largest absolute Gasteiger partial charge is 0.309 e. The van der Waals surface area contributed by atoms with E-state index in [1.54, 1.807) is 0 Å². The molecule has 1 nitrogen and oxygen atoms in total. The average molecular weight is 309 g/mol. The van der Waals surface area contributed by atoms with E-state index in [1.807, 2.05) is 0 Å². The maximum atomic E-state index is 3.73. The van der Waals surface area contributed by atoms with Crippen LogP contribution in [0.15, 0.2) is 54.6 Å². The lowest BCUT2D eigenvalue weighted by molar-refractivity contribution is 0.495. The first-order valence-corrected chi connectivity index (χ1v) is 8.97. The molecule has 23 heavy (non-hydrogen) atoms. The van der Waals surface area contributed by atoms with Gasteiger partial charge in [-0.3, -0.25) is 0 Å². The second kappa shape index (κ2) is 8.88. The minimum atomic E-state index is 0.443. The smallest absolute Gasteiger partial charge is 0.0317 e. The number of rotatable bonds is 8. The van der Waals surface area contributed by atoms with Crippen LogP contribution in [0.25, 0.3) is 0 Å². The number of benzene rings is 2. The van der Waals surface area contributed by atoms with Gasteiger partial charge >= 0.3 is 0 Å². The zero-order chi connectivity index (χ0) is 16.7. The maximum absolute atomic E-state index is 3.73. The molecular formula is C22H31N. The van der Waals surface area contributed by atoms with Crippen molar-refractivity contribution in [2.75, 3.05) is 6.54 Å². The highest BCUT2D eigenvalue weighted by Gasteiger charge is 2.11. The Labute approximate surface area is 142 Å². The molecule has 0 fully saturated rings. The van der Waals surface area contributed by atoms with E-state index in [0.29, 0.717) is 12.0 Å². The Morgan fingerprint density at radius 2 is 1.48 bits per heavy atom. The summed E-state index contributed by atoms with van der Waals surface area (Å²) in [6.45, 7) is 10.1. The summed E-state index contributed by atoms with van der Waals surface area (Å²) >= 11 is 0. The maximum Gasteiger partial charge on any atom is 0.0317 e. The molecule has 0 bridgehead atoms. The summed E-state index contributed by atoms with van der Waals surface area (Å²) in [5.41, 5.74) is 4.25. The number of nitrogens with one attached hydrogen (secondary N) is 1. The van der Waals surface area contributed by atoms with Crippen LogP contribution in [0, 0.1) is 5.92 Å². The zero-order valence-electron chi connectivity index (χ0n) is 15.0. The lowest BCUT2D eigenvalue weighted by Crippen LogP contribution is -2.25. The van der Waals surface area contributed by atoms with Crippen LogP contribution in [0.5, 0.6) is 0 Å². The molecule has 0 heterocycles. The summed E-state index contributed by atoms with van der Waals surface area (Å²) in [7, 11) is 0. The highest BCUT2D eigenvalue weighted by atomic mass is 14.9. The van der Waals surface area contributed by atoms with Gasteiger partial charge in [0.2, 0.25) is 0 Å². The van der Waals surface area contributed by atoms with Crippen molar-refractivity contribution < 1.29 is 0 Å². The van der Waals surface area contributed by atoms with Gasteiger partial charge in [0, 0.05) is 12.6 Å². The molecule has 0 saturated carbocycles. The SMILES string of the molecule is CCC(NCC(C)c1ccc(CC(C)C)cc1)c1ccccc1. The Kier molecular flexibility index (Phi) is 6.85. The molecule has 2 unspecified atom stereocenters. The predicted octanol–water partition coefficient (Wildman–Crippen LogP) is 5.73. The average Bonchev–Trinajstić information content (AvgIpc) is 2.56. The molecule has 1 heteroatoms. The summed E-state index contributed by atoms with van der Waals surface area (Å²) in [6.07, 6.45) is 2.28. The van der Waals surface area contributed by atoms with Gasteiger partial charge in [-0.05, 0) is 41.4 Å². The van der Waals surface area contributed by atoms with E-state index >= 15 is 0 Å². The molecule has 0 radical (unpaired) electrons. The molecule has 2 aromatic carbocycles. The molecular weight excluding hydrogens is 278 g/mol. The molecule has 1 N–H and O–H groups in total. The van der Waals surface area contributed by atoms with Gasteiger partial charge in [0.15, 0.2) is 0 Å². The minimum Gasteiger partial charge on any atom is -0.309 e. The molecule has 0 aromatic heterocycles. The molecule has 0 saturated heterocycles. The van der Waals surface area contributed by atoms with Crippen molar-refractivity contribution in [3.05, 3.63) is 71.3 Å². The topological polar surface area (TPSA) is 12.0 Å². The van der Waals surface area contributed by atoms with Gasteiger partial charge in [-0.15, -0.1) is 0 Å². The Balaban J connectivity index is 1.92. The Morgan fingerprint density at radius 1 is 0.826 bits per heavy atom. The summed E-state index contributed by atoms with van der Waals surface area (Å²) in [4.78, 5) is 0. The van der Waals surface area contributed by atoms with E-state index in [1.165, 1.54) is 23.1 Å². The van der Waals surface area contributed by atoms with Crippen LogP contribution >= 0.6 is 0 Å². The van der Waals surface area contributed by atoms with Crippen LogP contribution in [0.2, 0.25) is 0 Å². The fraction of sp³-hybridized carbons (Fsp3) is 0.455. The Morgan fingerprint density at radius 3 is 2.04 bits per heavy atom. The Bertz CT molecular complexity index is 556. The third kappa shape index (κ3) is 5.51. The van der Waals surface area contributed by atoms with Gasteiger partial charge < -0.3 is 5.32 Å². The highest BCUT2D eigenvalue weighted by Crippen LogP contribution is 2.20. The van der Waals surface area contributed by atoms with E-state index in [4.69, 9.17) is 0 Å². The quantitative estimate of drug-likeness (QED) is 0.656. The standard InChI is InChI=1S/C22H31N/c1-5-22(21-9-7-6-8-10-21)23-16-18(4)20-13-11-19(12-14-20)15-17(2)3/h6-14,17-18,22-23H,5,15-16H2,1-4H3. The monoisotopic (exact) mass is 309 g/mol. The van der Waals surface area contributed by atoms with Crippen molar-refractivity contribution in [3.63, 3.8) is 0 Å². The molecule has 2 rings (SSSR count). The van der Waals surface area contributed by atoms with Crippen LogP contribution in [-0.2, 0) is 6.42 Å². The first-order valence-electron chi connectivity index (χ1n) is 8.97. The summed E-state index contributed by atoms with van der Waals surface area (Å²) < 4.78 is 0. The normalized spacial score (nSPS) is 14.0. The zero-order valence-corrected chi connectivity index (χ0v) is 15.0. The van der Waals surface area contributed by atoms with Crippen molar-refractivity contribution >= 4 is 0 Å². The second-order valence-electron chi connectivity index (χ2n) is 7.02. The molecule has 0 aliphatic rings. The molecule has 0 aliphatic heterocycles. The molecule has 2 atom stereocenters. The van der Waals surface area contributed by atoms with Crippen molar-refractivity contribution in [2.45, 2.75) is 52.5 Å². The van der Waals surface area contributed by atoms with Crippen LogP contribution in [0.1, 0.15) is 62.8 Å². The van der Waals surface area contributed by atoms with E-state index in [0.717, 1.165) is 18.9 Å². The van der Waals surface area contributed by atoms with Crippen molar-refractivity contribution in [2.24, 2.45) is 5.92 Å². The summed E-state index contributed by atoms with van der Waals surface area (Å²) in [5, 5.41) is 3.73. The minimum absolute atomic E-state index is 0.443. The molecule has 2 aromatic rings. The van der Waals surface area contributed by atoms with E-state index in [9.17, 15) is 0 Å². The second-order valence-corrected chi connectivity index (χ2v) is 7.02. The highest BCUT2D eigenvalue weighted by molar-refractivity contribution is 5.26. The third-order valence-corrected chi connectivity index (χ3v) is 4.47. The lowest BCUT2D eigenvalue weighted by atomic mass is 9.96. The van der Waals surface area contributed by atoms with E-state index < -0.39 is 0 Å². The molecule has 124 valence electrons. The van der Waals surface area contributed by atoms with Crippen LogP contribution in [0.4, 0.5) is 0 Å². The molecule has 0 amide bonds. The van der Waals surface area contributed by atoms with E-state index in [-0.39, 0.29) is 0 Å². The fourth-order valence-electron chi connectivity index (χ4n) is 3.07. The first-order chi connectivity index (χ1) is 11.1. The van der Waals surface area contributed by atoms with Crippen LogP contribution < -0.4 is 5.32 Å². The van der Waals surface area contributed by atoms with Crippen LogP contribution in [0.3, 0.4) is 0 Å². The summed E-state index contributed by atoms with van der Waals surface area (Å²) in [6, 6.07) is 20.4. The molecule has 0 aliphatic carbocycles. The lowest BCUT2D eigenvalue weighted by Gasteiger charge is -2.21. The van der Waals surface area contributed by atoms with Crippen molar-refractivity contribution in [3.8, 4) is 0 Å². The van der Waals surface area contributed by atoms with Crippen molar-refractivity contribution in [1.29, 1.82) is 0 Å². The first kappa shape index (κ1) is 17.7. The van der Waals surface area contributed by atoms with E-state index in [2.05, 4.69) is 87.6 Å². The van der Waals surface area contributed by atoms with Gasteiger partial charge in [0.25, 0.3) is 0 Å². The van der Waals surface area contributed by atoms with Gasteiger partial charge in [-0.25, -0.2) is 0 Å². The fourth-order valence-corrected chi connectivity index (χ4v) is 3.07. The number of hydrogen-bond acceptors (Lipinski definition) is 1. The van der Waals surface area contributed by atoms with Gasteiger partial charge in [0.1, 0.15) is 0 Å². The number of hydrogen-bond donors (Lipinski definition) is 1. The predicted molar refractivity (Wildman–Crippen MR) is 101 cm³/mol. The van der Waals surface area contributed by atoms with Gasteiger partial charge in [0.05, 0.1) is 0 Å². The Hall–Kier alpha value is -1.60. The summed E-state index contributed by atoms with van der Waals surface area (Å²) in [5.74, 6) is 1.25. The molecule has 0 spiro atoms.